The van der Waals surface area contributed by atoms with Crippen LogP contribution in [-0.4, -0.2) is 65.7 Å². The molecule has 0 aliphatic heterocycles. The molecule has 0 saturated carbocycles. The first kappa shape index (κ1) is 54.7. The Morgan fingerprint density at radius 1 is 0.518 bits per heavy atom. The van der Waals surface area contributed by atoms with Crippen LogP contribution in [0.15, 0.2) is 12.2 Å². The number of phosphoric acid groups is 1. The van der Waals surface area contributed by atoms with Crippen LogP contribution < -0.4 is 0 Å². The summed E-state index contributed by atoms with van der Waals surface area (Å²) >= 11 is 0. The maximum absolute atomic E-state index is 12.6. The lowest BCUT2D eigenvalue weighted by molar-refractivity contribution is -0.161. The summed E-state index contributed by atoms with van der Waals surface area (Å²) in [5.74, 6) is -0.917. The van der Waals surface area contributed by atoms with Crippen LogP contribution in [-0.2, 0) is 32.7 Å². The van der Waals surface area contributed by atoms with Gasteiger partial charge in [-0.2, -0.15) is 0 Å². The van der Waals surface area contributed by atoms with E-state index in [0.29, 0.717) is 12.8 Å². The fraction of sp³-hybridized carbons (Fsp3) is 0.911. The van der Waals surface area contributed by atoms with Crippen molar-refractivity contribution in [1.82, 2.24) is 0 Å². The van der Waals surface area contributed by atoms with Gasteiger partial charge in [0.25, 0.3) is 0 Å². The van der Waals surface area contributed by atoms with Crippen LogP contribution in [0.3, 0.4) is 0 Å². The average molecular weight is 819 g/mol. The largest absolute Gasteiger partial charge is 0.472 e. The molecule has 0 aromatic heterocycles. The Hall–Kier alpha value is -1.29. The molecule has 0 aliphatic rings. The fourth-order valence-electron chi connectivity index (χ4n) is 6.58. The molecule has 11 heteroatoms. The third-order valence-electron chi connectivity index (χ3n) is 10.2. The average Bonchev–Trinajstić information content (AvgIpc) is 3.19. The second kappa shape index (κ2) is 41.9. The van der Waals surface area contributed by atoms with Crippen molar-refractivity contribution >= 4 is 19.8 Å². The molecule has 0 aliphatic carbocycles. The van der Waals surface area contributed by atoms with Crippen LogP contribution in [0, 0.1) is 0 Å². The molecule has 0 aromatic carbocycles. The molecule has 3 atom stereocenters. The lowest BCUT2D eigenvalue weighted by Crippen LogP contribution is -2.29. The smallest absolute Gasteiger partial charge is 0.462 e. The summed E-state index contributed by atoms with van der Waals surface area (Å²) < 4.78 is 32.8. The summed E-state index contributed by atoms with van der Waals surface area (Å²) in [6.45, 7) is 2.40. The van der Waals surface area contributed by atoms with Gasteiger partial charge in [0, 0.05) is 12.8 Å². The van der Waals surface area contributed by atoms with Crippen LogP contribution >= 0.6 is 7.82 Å². The van der Waals surface area contributed by atoms with Crippen molar-refractivity contribution in [2.24, 2.45) is 0 Å². The van der Waals surface area contributed by atoms with E-state index in [0.717, 1.165) is 44.9 Å². The number of phosphoric ester groups is 1. The Morgan fingerprint density at radius 2 is 0.875 bits per heavy atom. The maximum atomic E-state index is 12.6. The van der Waals surface area contributed by atoms with Crippen LogP contribution in [0.5, 0.6) is 0 Å². The van der Waals surface area contributed by atoms with Gasteiger partial charge >= 0.3 is 19.8 Å². The fourth-order valence-corrected chi connectivity index (χ4v) is 7.37. The van der Waals surface area contributed by atoms with Gasteiger partial charge in [-0.05, 0) is 38.5 Å². The number of carbonyl (C=O) groups excluding carboxylic acids is 2. The van der Waals surface area contributed by atoms with Gasteiger partial charge in [-0.1, -0.05) is 187 Å². The van der Waals surface area contributed by atoms with E-state index in [1.54, 1.807) is 0 Å². The molecule has 1 unspecified atom stereocenters. The number of esters is 2. The van der Waals surface area contributed by atoms with Gasteiger partial charge in [0.1, 0.15) is 12.7 Å². The minimum atomic E-state index is -4.61. The molecule has 10 nitrogen and oxygen atoms in total. The lowest BCUT2D eigenvalue weighted by atomic mass is 10.0. The second-order valence-electron chi connectivity index (χ2n) is 15.8. The number of ether oxygens (including phenoxy) is 2. The zero-order valence-corrected chi connectivity index (χ0v) is 37.0. The monoisotopic (exact) mass is 819 g/mol. The highest BCUT2D eigenvalue weighted by molar-refractivity contribution is 7.47. The molecule has 0 amide bonds. The highest BCUT2D eigenvalue weighted by atomic mass is 31.2. The van der Waals surface area contributed by atoms with Gasteiger partial charge in [0.15, 0.2) is 6.10 Å². The molecule has 0 spiro atoms. The van der Waals surface area contributed by atoms with E-state index >= 15 is 0 Å². The molecule has 332 valence electrons. The van der Waals surface area contributed by atoms with E-state index < -0.39 is 51.8 Å². The van der Waals surface area contributed by atoms with Gasteiger partial charge in [-0.15, -0.1) is 0 Å². The van der Waals surface area contributed by atoms with Gasteiger partial charge in [-0.25, -0.2) is 4.57 Å². The first-order valence-corrected chi connectivity index (χ1v) is 24.6. The molecular weight excluding hydrogens is 731 g/mol. The summed E-state index contributed by atoms with van der Waals surface area (Å²) in [5.41, 5.74) is 0. The summed E-state index contributed by atoms with van der Waals surface area (Å²) in [4.78, 5) is 35.0. The van der Waals surface area contributed by atoms with Crippen molar-refractivity contribution in [3.8, 4) is 0 Å². The molecule has 0 aromatic rings. The van der Waals surface area contributed by atoms with E-state index in [2.05, 4.69) is 26.0 Å². The number of unbranched alkanes of at least 4 members (excludes halogenated alkanes) is 28. The highest BCUT2D eigenvalue weighted by Gasteiger charge is 2.27. The summed E-state index contributed by atoms with van der Waals surface area (Å²) in [6.07, 6.45) is 40.3. The topological polar surface area (TPSA) is 149 Å². The van der Waals surface area contributed by atoms with Crippen molar-refractivity contribution in [3.63, 3.8) is 0 Å². The van der Waals surface area contributed by atoms with Gasteiger partial charge in [0.2, 0.25) is 0 Å². The number of carbonyl (C=O) groups is 2. The lowest BCUT2D eigenvalue weighted by Gasteiger charge is -2.20. The van der Waals surface area contributed by atoms with E-state index in [1.165, 1.54) is 141 Å². The number of rotatable bonds is 44. The van der Waals surface area contributed by atoms with Crippen molar-refractivity contribution in [2.75, 3.05) is 26.4 Å². The number of hydrogen-bond acceptors (Lipinski definition) is 9. The van der Waals surface area contributed by atoms with Crippen LogP contribution in [0.25, 0.3) is 0 Å². The maximum Gasteiger partial charge on any atom is 0.472 e. The van der Waals surface area contributed by atoms with Crippen molar-refractivity contribution < 1.29 is 47.8 Å². The van der Waals surface area contributed by atoms with Gasteiger partial charge in [0.05, 0.1) is 19.8 Å². The highest BCUT2D eigenvalue weighted by Crippen LogP contribution is 2.43. The first-order chi connectivity index (χ1) is 27.2. The summed E-state index contributed by atoms with van der Waals surface area (Å²) in [7, 11) is -4.61. The minimum Gasteiger partial charge on any atom is -0.462 e. The third kappa shape index (κ3) is 40.9. The zero-order valence-electron chi connectivity index (χ0n) is 36.1. The Labute approximate surface area is 343 Å². The second-order valence-corrected chi connectivity index (χ2v) is 17.2. The van der Waals surface area contributed by atoms with E-state index in [9.17, 15) is 24.2 Å². The standard InChI is InChI=1S/C45H87O10P/c1-3-5-7-9-11-13-15-17-19-20-21-23-24-26-28-30-32-34-36-44(48)52-40-43(41-54-56(50,51)53-39-42(47)38-46)55-45(49)37-35-33-31-29-27-25-22-18-16-14-12-10-8-6-4-2/h14,16,42-43,46-47H,3-13,15,17-41H2,1-2H3,(H,50,51)/b16-14+/t42-,43+/m0/s1. The first-order valence-electron chi connectivity index (χ1n) is 23.1. The number of aliphatic hydroxyl groups is 2. The molecule has 0 fully saturated rings. The molecule has 0 saturated heterocycles. The van der Waals surface area contributed by atoms with Gasteiger partial charge < -0.3 is 24.6 Å². The predicted octanol–water partition coefficient (Wildman–Crippen LogP) is 12.4. The van der Waals surface area contributed by atoms with Crippen LogP contribution in [0.4, 0.5) is 0 Å². The van der Waals surface area contributed by atoms with Crippen molar-refractivity contribution in [3.05, 3.63) is 12.2 Å². The molecule has 0 bridgehead atoms. The van der Waals surface area contributed by atoms with Crippen molar-refractivity contribution in [2.45, 2.75) is 238 Å². The normalized spacial score (nSPS) is 13.9. The molecule has 3 N–H and O–H groups in total. The molecule has 0 rings (SSSR count). The molecule has 0 heterocycles. The Balaban J connectivity index is 4.21. The Bertz CT molecular complexity index is 946. The van der Waals surface area contributed by atoms with E-state index in [1.807, 2.05) is 0 Å². The van der Waals surface area contributed by atoms with E-state index in [4.69, 9.17) is 23.6 Å². The Morgan fingerprint density at radius 3 is 1.30 bits per heavy atom. The molecule has 0 radical (unpaired) electrons. The summed E-state index contributed by atoms with van der Waals surface area (Å²) in [6, 6.07) is 0. The SMILES string of the molecule is CCCCCC/C=C/CCCCCCCCCC(=O)O[C@H](COC(=O)CCCCCCCCCCCCCCCCCCCC)COP(=O)(O)OC[C@@H](O)CO. The quantitative estimate of drug-likeness (QED) is 0.0235. The number of hydrogen-bond donors (Lipinski definition) is 3. The van der Waals surface area contributed by atoms with Crippen LogP contribution in [0.1, 0.15) is 226 Å². The molecular formula is C45H87O10P. The van der Waals surface area contributed by atoms with Crippen molar-refractivity contribution in [1.29, 1.82) is 0 Å². The molecule has 56 heavy (non-hydrogen) atoms. The predicted molar refractivity (Wildman–Crippen MR) is 229 cm³/mol. The van der Waals surface area contributed by atoms with Gasteiger partial charge in [-0.3, -0.25) is 18.6 Å². The Kier molecular flexibility index (Phi) is 40.9. The third-order valence-corrected chi connectivity index (χ3v) is 11.1. The number of aliphatic hydroxyl groups excluding tert-OH is 2. The van der Waals surface area contributed by atoms with Crippen LogP contribution in [0.2, 0.25) is 0 Å². The van der Waals surface area contributed by atoms with E-state index in [-0.39, 0.29) is 19.4 Å². The minimum absolute atomic E-state index is 0.183. The zero-order chi connectivity index (χ0) is 41.2. The summed E-state index contributed by atoms with van der Waals surface area (Å²) in [5, 5.41) is 18.3. The number of allylic oxidation sites excluding steroid dienone is 2.